The molecule has 1 saturated heterocycles. The summed E-state index contributed by atoms with van der Waals surface area (Å²) in [7, 11) is 1.47. The van der Waals surface area contributed by atoms with Crippen LogP contribution in [0.25, 0.3) is 0 Å². The number of thiazole rings is 1. The number of hydrogen-bond donors (Lipinski definition) is 2. The number of aliphatic carboxylic acids is 1. The zero-order valence-corrected chi connectivity index (χ0v) is 20.4. The fourth-order valence-corrected chi connectivity index (χ4v) is 6.75. The summed E-state index contributed by atoms with van der Waals surface area (Å²) in [5.41, 5.74) is 7.10. The van der Waals surface area contributed by atoms with Gasteiger partial charge in [0, 0.05) is 35.9 Å². The van der Waals surface area contributed by atoms with E-state index in [2.05, 4.69) is 9.98 Å². The molecule has 0 spiro atoms. The number of hydrogen-bond acceptors (Lipinski definition) is 10. The molecule has 12 heteroatoms. The Morgan fingerprint density at radius 2 is 2.03 bits per heavy atom. The Labute approximate surface area is 207 Å². The second-order valence-electron chi connectivity index (χ2n) is 7.49. The van der Waals surface area contributed by atoms with E-state index in [1.807, 2.05) is 6.07 Å². The normalized spacial score (nSPS) is 20.1. The number of nitrogens with zero attached hydrogens (tertiary/aromatic N) is 3. The predicted octanol–water partition coefficient (Wildman–Crippen LogP) is 2.55. The molecule has 1 aromatic carbocycles. The number of β-lactam (4-membered cyclic amide) rings is 1. The van der Waals surface area contributed by atoms with Gasteiger partial charge in [-0.1, -0.05) is 42.1 Å². The molecule has 9 nitrogen and oxygen atoms in total. The van der Waals surface area contributed by atoms with Gasteiger partial charge < -0.3 is 10.8 Å². The minimum Gasteiger partial charge on any atom is -0.477 e. The van der Waals surface area contributed by atoms with Gasteiger partial charge in [-0.2, -0.15) is 0 Å². The van der Waals surface area contributed by atoms with Gasteiger partial charge in [0.15, 0.2) is 10.9 Å². The van der Waals surface area contributed by atoms with Crippen LogP contribution in [0, 0.1) is 5.92 Å². The number of nitrogen functional groups attached to an aromatic ring is 1. The van der Waals surface area contributed by atoms with E-state index < -0.39 is 23.2 Å². The van der Waals surface area contributed by atoms with Crippen LogP contribution >= 0.6 is 34.9 Å². The summed E-state index contributed by atoms with van der Waals surface area (Å²) in [6.45, 7) is 0. The fraction of sp³-hybridized carbons (Fsp3) is 0.273. The Morgan fingerprint density at radius 1 is 1.29 bits per heavy atom. The summed E-state index contributed by atoms with van der Waals surface area (Å²) < 4.78 is 0. The van der Waals surface area contributed by atoms with Crippen LogP contribution in [-0.2, 0) is 14.4 Å². The van der Waals surface area contributed by atoms with Gasteiger partial charge in [-0.25, -0.2) is 9.78 Å². The highest BCUT2D eigenvalue weighted by molar-refractivity contribution is 8.14. The molecule has 2 aromatic rings. The largest absolute Gasteiger partial charge is 0.477 e. The van der Waals surface area contributed by atoms with Crippen LogP contribution in [0.4, 0.5) is 5.13 Å². The van der Waals surface area contributed by atoms with E-state index in [0.29, 0.717) is 27.7 Å². The van der Waals surface area contributed by atoms with Crippen molar-refractivity contribution in [3.05, 3.63) is 58.2 Å². The van der Waals surface area contributed by atoms with E-state index in [0.717, 1.165) is 11.8 Å². The van der Waals surface area contributed by atoms with Gasteiger partial charge in [0.25, 0.3) is 0 Å². The number of ketones is 1. The molecule has 2 aliphatic heterocycles. The molecule has 1 fully saturated rings. The lowest BCUT2D eigenvalue weighted by molar-refractivity contribution is -0.153. The Bertz CT molecular complexity index is 1220. The number of fused-ring (bicyclic) bond motifs is 1. The summed E-state index contributed by atoms with van der Waals surface area (Å²) in [5, 5.41) is 11.1. The minimum absolute atomic E-state index is 0.0949. The Kier molecular flexibility index (Phi) is 7.19. The second-order valence-corrected chi connectivity index (χ2v) is 10.4. The number of carboxylic acid groups (broad SMARTS) is 1. The standard InChI is InChI=1S/C22H20N4O5S3/c1-24-16(14-10-34-22(23)25-14)15(27)7-13-18(28)26-17(20(29)30)12(8-32-19(13)26)9-33-21(31)11-5-3-2-4-6-11/h2-6,10,13,19H,7-9H2,1H3,(H2,23,25)(H,29,30)/t13-,19-/m1/s1. The van der Waals surface area contributed by atoms with Gasteiger partial charge in [0.05, 0.1) is 11.3 Å². The maximum Gasteiger partial charge on any atom is 0.352 e. The number of aliphatic imine (C=N–C) groups is 1. The van der Waals surface area contributed by atoms with Crippen LogP contribution < -0.4 is 5.73 Å². The number of anilines is 1. The zero-order chi connectivity index (χ0) is 24.4. The Balaban J connectivity index is 1.46. The van der Waals surface area contributed by atoms with Crippen LogP contribution in [0.2, 0.25) is 0 Å². The minimum atomic E-state index is -1.22. The van der Waals surface area contributed by atoms with E-state index in [4.69, 9.17) is 5.73 Å². The third-order valence-electron chi connectivity index (χ3n) is 5.40. The van der Waals surface area contributed by atoms with Crippen molar-refractivity contribution in [2.45, 2.75) is 11.8 Å². The molecular formula is C22H20N4O5S3. The quantitative estimate of drug-likeness (QED) is 0.400. The van der Waals surface area contributed by atoms with Crippen molar-refractivity contribution in [2.24, 2.45) is 10.9 Å². The molecule has 1 amide bonds. The molecule has 3 N–H and O–H groups in total. The van der Waals surface area contributed by atoms with Crippen molar-refractivity contribution in [3.63, 3.8) is 0 Å². The fourth-order valence-electron chi connectivity index (χ4n) is 3.81. The zero-order valence-electron chi connectivity index (χ0n) is 18.0. The molecule has 1 aromatic heterocycles. The van der Waals surface area contributed by atoms with E-state index in [-0.39, 0.29) is 34.5 Å². The first-order valence-corrected chi connectivity index (χ1v) is 13.1. The van der Waals surface area contributed by atoms with Gasteiger partial charge in [-0.15, -0.1) is 23.1 Å². The summed E-state index contributed by atoms with van der Waals surface area (Å²) in [6.07, 6.45) is -0.0966. The van der Waals surface area contributed by atoms with E-state index in [9.17, 15) is 24.3 Å². The second kappa shape index (κ2) is 10.1. The van der Waals surface area contributed by atoms with Crippen LogP contribution in [0.1, 0.15) is 22.5 Å². The van der Waals surface area contributed by atoms with E-state index >= 15 is 0 Å². The monoisotopic (exact) mass is 516 g/mol. The number of amides is 1. The van der Waals surface area contributed by atoms with Gasteiger partial charge in [-0.05, 0) is 5.57 Å². The summed E-state index contributed by atoms with van der Waals surface area (Å²) in [5.74, 6) is -2.12. The molecule has 0 saturated carbocycles. The third kappa shape index (κ3) is 4.65. The van der Waals surface area contributed by atoms with Crippen molar-refractivity contribution in [1.29, 1.82) is 0 Å². The molecule has 4 rings (SSSR count). The molecule has 0 bridgehead atoms. The number of carbonyl (C=O) groups is 4. The number of carbonyl (C=O) groups excluding carboxylic acids is 3. The molecule has 3 heterocycles. The van der Waals surface area contributed by atoms with Crippen LogP contribution in [0.15, 0.2) is 52.0 Å². The van der Waals surface area contributed by atoms with Gasteiger partial charge in [0.2, 0.25) is 11.0 Å². The van der Waals surface area contributed by atoms with Crippen LogP contribution in [0.3, 0.4) is 0 Å². The number of Topliss-reactive ketones (excluding diaryl/α,β-unsaturated/α-hetero) is 1. The number of carboxylic acids is 1. The summed E-state index contributed by atoms with van der Waals surface area (Å²) in [4.78, 5) is 59.5. The van der Waals surface area contributed by atoms with Crippen molar-refractivity contribution in [1.82, 2.24) is 9.88 Å². The Hall–Kier alpha value is -2.96. The summed E-state index contributed by atoms with van der Waals surface area (Å²) in [6, 6.07) is 8.72. The van der Waals surface area contributed by atoms with Crippen LogP contribution in [0.5, 0.6) is 0 Å². The van der Waals surface area contributed by atoms with E-state index in [1.165, 1.54) is 35.0 Å². The lowest BCUT2D eigenvalue weighted by Crippen LogP contribution is -2.62. The van der Waals surface area contributed by atoms with Crippen molar-refractivity contribution < 1.29 is 24.3 Å². The molecule has 176 valence electrons. The molecular weight excluding hydrogens is 496 g/mol. The lowest BCUT2D eigenvalue weighted by atomic mass is 9.89. The van der Waals surface area contributed by atoms with Crippen molar-refractivity contribution in [2.75, 3.05) is 24.3 Å². The van der Waals surface area contributed by atoms with Gasteiger partial charge in [0.1, 0.15) is 17.1 Å². The number of rotatable bonds is 8. The maximum absolute atomic E-state index is 12.9. The third-order valence-corrected chi connectivity index (χ3v) is 8.47. The molecule has 0 unspecified atom stereocenters. The van der Waals surface area contributed by atoms with Crippen molar-refractivity contribution >= 4 is 68.5 Å². The molecule has 2 atom stereocenters. The average Bonchev–Trinajstić information content (AvgIpc) is 3.26. The first kappa shape index (κ1) is 24.2. The van der Waals surface area contributed by atoms with Crippen LogP contribution in [-0.4, -0.2) is 67.4 Å². The maximum atomic E-state index is 12.9. The number of nitrogens with two attached hydrogens (primary N) is 1. The summed E-state index contributed by atoms with van der Waals surface area (Å²) >= 11 is 3.59. The van der Waals surface area contributed by atoms with Gasteiger partial charge in [-0.3, -0.25) is 24.3 Å². The topological polar surface area (TPSA) is 143 Å². The highest BCUT2D eigenvalue weighted by Crippen LogP contribution is 2.45. The SMILES string of the molecule is CN=C(C(=O)C[C@@H]1C(=O)N2C(C(=O)O)=C(CSC(=O)c3ccccc3)CS[C@H]12)c1csc(N)n1. The molecule has 0 radical (unpaired) electrons. The predicted molar refractivity (Wildman–Crippen MR) is 133 cm³/mol. The average molecular weight is 517 g/mol. The number of aromatic nitrogens is 1. The molecule has 0 aliphatic carbocycles. The first-order chi connectivity index (χ1) is 16.3. The smallest absolute Gasteiger partial charge is 0.352 e. The number of thioether (sulfide) groups is 2. The Morgan fingerprint density at radius 3 is 2.65 bits per heavy atom. The molecule has 2 aliphatic rings. The molecule has 34 heavy (non-hydrogen) atoms. The van der Waals surface area contributed by atoms with Gasteiger partial charge >= 0.3 is 5.97 Å². The first-order valence-electron chi connectivity index (χ1n) is 10.1. The van der Waals surface area contributed by atoms with Crippen molar-refractivity contribution in [3.8, 4) is 0 Å². The highest BCUT2D eigenvalue weighted by Gasteiger charge is 2.54. The van der Waals surface area contributed by atoms with E-state index in [1.54, 1.807) is 29.6 Å². The highest BCUT2D eigenvalue weighted by atomic mass is 32.2. The lowest BCUT2D eigenvalue weighted by Gasteiger charge is -2.49. The number of benzene rings is 1.